The highest BCUT2D eigenvalue weighted by atomic mass is 79.9. The lowest BCUT2D eigenvalue weighted by molar-refractivity contribution is 0.199. The van der Waals surface area contributed by atoms with Gasteiger partial charge in [-0.05, 0) is 31.9 Å². The summed E-state index contributed by atoms with van der Waals surface area (Å²) in [7, 11) is 2.14. The molecule has 1 saturated carbocycles. The maximum Gasteiger partial charge on any atom is 0.0782 e. The number of halogens is 1. The van der Waals surface area contributed by atoms with E-state index in [9.17, 15) is 5.11 Å². The fraction of sp³-hybridized carbons (Fsp3) is 0.571. The van der Waals surface area contributed by atoms with Crippen molar-refractivity contribution < 1.29 is 5.11 Å². The van der Waals surface area contributed by atoms with Crippen LogP contribution >= 0.6 is 15.9 Å². The number of hydrogen-bond acceptors (Lipinski definition) is 2. The quantitative estimate of drug-likeness (QED) is 0.915. The molecule has 0 saturated heterocycles. The van der Waals surface area contributed by atoms with E-state index in [4.69, 9.17) is 0 Å². The summed E-state index contributed by atoms with van der Waals surface area (Å²) in [6.45, 7) is 1.83. The smallest absolute Gasteiger partial charge is 0.0782 e. The summed E-state index contributed by atoms with van der Waals surface area (Å²) in [5.74, 6) is 0. The Kier molecular flexibility index (Phi) is 4.10. The van der Waals surface area contributed by atoms with Gasteiger partial charge in [0.2, 0.25) is 0 Å². The van der Waals surface area contributed by atoms with E-state index < -0.39 is 6.10 Å². The van der Waals surface area contributed by atoms with Gasteiger partial charge in [0.1, 0.15) is 0 Å². The molecule has 0 bridgehead atoms. The van der Waals surface area contributed by atoms with Gasteiger partial charge in [0.15, 0.2) is 0 Å². The van der Waals surface area contributed by atoms with E-state index in [0.717, 1.165) is 15.7 Å². The molecule has 0 radical (unpaired) electrons. The molecule has 1 aliphatic rings. The van der Waals surface area contributed by atoms with E-state index in [1.165, 1.54) is 25.7 Å². The molecule has 0 spiro atoms. The fourth-order valence-electron chi connectivity index (χ4n) is 2.66. The third kappa shape index (κ3) is 2.83. The Labute approximate surface area is 112 Å². The predicted octanol–water partition coefficient (Wildman–Crippen LogP) is 3.88. The second kappa shape index (κ2) is 5.40. The molecule has 0 aliphatic heterocycles. The number of nitrogens with zero attached hydrogens (tertiary/aromatic N) is 1. The monoisotopic (exact) mass is 297 g/mol. The van der Waals surface area contributed by atoms with Crippen LogP contribution < -0.4 is 4.90 Å². The minimum atomic E-state index is -0.415. The number of anilines is 1. The molecular formula is C14H20BrNO. The zero-order valence-electron chi connectivity index (χ0n) is 10.5. The van der Waals surface area contributed by atoms with Crippen LogP contribution in [-0.4, -0.2) is 18.2 Å². The molecule has 1 aliphatic carbocycles. The number of rotatable bonds is 3. The maximum atomic E-state index is 9.85. The Morgan fingerprint density at radius 2 is 2.00 bits per heavy atom. The maximum absolute atomic E-state index is 9.85. The molecule has 94 valence electrons. The highest BCUT2D eigenvalue weighted by Gasteiger charge is 2.22. The van der Waals surface area contributed by atoms with Crippen molar-refractivity contribution >= 4 is 21.6 Å². The van der Waals surface area contributed by atoms with Gasteiger partial charge in [-0.3, -0.25) is 0 Å². The summed E-state index contributed by atoms with van der Waals surface area (Å²) < 4.78 is 1.07. The van der Waals surface area contributed by atoms with Crippen LogP contribution in [0.15, 0.2) is 22.7 Å². The van der Waals surface area contributed by atoms with Crippen LogP contribution in [0.1, 0.15) is 44.3 Å². The van der Waals surface area contributed by atoms with Crippen molar-refractivity contribution in [3.63, 3.8) is 0 Å². The van der Waals surface area contributed by atoms with Crippen molar-refractivity contribution in [3.8, 4) is 0 Å². The van der Waals surface area contributed by atoms with Gasteiger partial charge in [-0.2, -0.15) is 0 Å². The molecule has 1 N–H and O–H groups in total. The third-order valence-electron chi connectivity index (χ3n) is 3.69. The van der Waals surface area contributed by atoms with Crippen molar-refractivity contribution in [1.29, 1.82) is 0 Å². The largest absolute Gasteiger partial charge is 0.389 e. The second-order valence-electron chi connectivity index (χ2n) is 4.93. The Morgan fingerprint density at radius 3 is 2.59 bits per heavy atom. The molecule has 17 heavy (non-hydrogen) atoms. The van der Waals surface area contributed by atoms with Gasteiger partial charge in [-0.25, -0.2) is 0 Å². The highest BCUT2D eigenvalue weighted by Crippen LogP contribution is 2.33. The van der Waals surface area contributed by atoms with Crippen LogP contribution in [0.4, 0.5) is 5.69 Å². The lowest BCUT2D eigenvalue weighted by Gasteiger charge is -2.29. The van der Waals surface area contributed by atoms with Crippen LogP contribution in [-0.2, 0) is 0 Å². The van der Waals surface area contributed by atoms with Crippen molar-refractivity contribution in [2.45, 2.75) is 44.8 Å². The van der Waals surface area contributed by atoms with Gasteiger partial charge in [0.25, 0.3) is 0 Å². The van der Waals surface area contributed by atoms with Crippen LogP contribution in [0.2, 0.25) is 0 Å². The predicted molar refractivity (Wildman–Crippen MR) is 75.4 cm³/mol. The van der Waals surface area contributed by atoms with Gasteiger partial charge in [-0.1, -0.05) is 34.8 Å². The Bertz CT molecular complexity index is 386. The van der Waals surface area contributed by atoms with E-state index in [1.54, 1.807) is 0 Å². The molecule has 1 fully saturated rings. The van der Waals surface area contributed by atoms with E-state index in [0.29, 0.717) is 6.04 Å². The molecule has 0 aromatic heterocycles. The van der Waals surface area contributed by atoms with E-state index >= 15 is 0 Å². The summed E-state index contributed by atoms with van der Waals surface area (Å²) in [4.78, 5) is 2.33. The Hall–Kier alpha value is -0.540. The van der Waals surface area contributed by atoms with Gasteiger partial charge in [0.05, 0.1) is 6.10 Å². The number of benzene rings is 1. The first kappa shape index (κ1) is 12.9. The molecule has 1 atom stereocenters. The van der Waals surface area contributed by atoms with Crippen molar-refractivity contribution in [2.24, 2.45) is 0 Å². The van der Waals surface area contributed by atoms with Crippen LogP contribution in [0.25, 0.3) is 0 Å². The van der Waals surface area contributed by atoms with E-state index in [1.807, 2.05) is 19.1 Å². The van der Waals surface area contributed by atoms with Crippen LogP contribution in [0, 0.1) is 0 Å². The van der Waals surface area contributed by atoms with Crippen molar-refractivity contribution in [1.82, 2.24) is 0 Å². The standard InChI is InChI=1S/C14H20BrNO/c1-10(17)13-8-7-11(15)9-14(13)16(2)12-5-3-4-6-12/h7-10,12,17H,3-6H2,1-2H3. The lowest BCUT2D eigenvalue weighted by atomic mass is 10.1. The number of hydrogen-bond donors (Lipinski definition) is 1. The van der Waals surface area contributed by atoms with Crippen molar-refractivity contribution in [2.75, 3.05) is 11.9 Å². The van der Waals surface area contributed by atoms with E-state index in [2.05, 4.69) is 33.9 Å². The Balaban J connectivity index is 2.31. The number of aliphatic hydroxyl groups excluding tert-OH is 1. The third-order valence-corrected chi connectivity index (χ3v) is 4.19. The number of aliphatic hydroxyl groups is 1. The zero-order chi connectivity index (χ0) is 12.4. The molecule has 0 amide bonds. The van der Waals surface area contributed by atoms with Gasteiger partial charge >= 0.3 is 0 Å². The van der Waals surface area contributed by atoms with Gasteiger partial charge in [-0.15, -0.1) is 0 Å². The molecule has 1 unspecified atom stereocenters. The van der Waals surface area contributed by atoms with Crippen LogP contribution in [0.5, 0.6) is 0 Å². The van der Waals surface area contributed by atoms with E-state index in [-0.39, 0.29) is 0 Å². The molecular weight excluding hydrogens is 278 g/mol. The first-order valence-electron chi connectivity index (χ1n) is 6.30. The van der Waals surface area contributed by atoms with Crippen molar-refractivity contribution in [3.05, 3.63) is 28.2 Å². The van der Waals surface area contributed by atoms with Gasteiger partial charge in [0, 0.05) is 28.8 Å². The molecule has 2 rings (SSSR count). The zero-order valence-corrected chi connectivity index (χ0v) is 12.1. The molecule has 3 heteroatoms. The highest BCUT2D eigenvalue weighted by molar-refractivity contribution is 9.10. The summed E-state index contributed by atoms with van der Waals surface area (Å²) in [6.07, 6.45) is 4.77. The average Bonchev–Trinajstić information content (AvgIpc) is 2.80. The SMILES string of the molecule is CC(O)c1ccc(Br)cc1N(C)C1CCCC1. The summed E-state index contributed by atoms with van der Waals surface area (Å²) >= 11 is 3.51. The average molecular weight is 298 g/mol. The first-order chi connectivity index (χ1) is 8.09. The normalized spacial score (nSPS) is 18.4. The molecule has 2 nitrogen and oxygen atoms in total. The first-order valence-corrected chi connectivity index (χ1v) is 7.09. The van der Waals surface area contributed by atoms with Crippen LogP contribution in [0.3, 0.4) is 0 Å². The second-order valence-corrected chi connectivity index (χ2v) is 5.84. The minimum absolute atomic E-state index is 0.415. The van der Waals surface area contributed by atoms with Gasteiger partial charge < -0.3 is 10.0 Å². The molecule has 1 aromatic carbocycles. The summed E-state index contributed by atoms with van der Waals surface area (Å²) in [6, 6.07) is 6.74. The topological polar surface area (TPSA) is 23.5 Å². The lowest BCUT2D eigenvalue weighted by Crippen LogP contribution is -2.29. The summed E-state index contributed by atoms with van der Waals surface area (Å²) in [5.41, 5.74) is 2.17. The summed E-state index contributed by atoms with van der Waals surface area (Å²) in [5, 5.41) is 9.85. The fourth-order valence-corrected chi connectivity index (χ4v) is 3.01. The Morgan fingerprint density at radius 1 is 1.35 bits per heavy atom. The minimum Gasteiger partial charge on any atom is -0.389 e. The molecule has 0 heterocycles. The molecule has 1 aromatic rings.